The van der Waals surface area contributed by atoms with E-state index in [9.17, 15) is 4.89 Å². The summed E-state index contributed by atoms with van der Waals surface area (Å²) in [6.07, 6.45) is 3.68. The molecule has 4 heteroatoms. The number of methoxy groups -OCH3 is 1. The van der Waals surface area contributed by atoms with Gasteiger partial charge in [-0.1, -0.05) is 0 Å². The zero-order chi connectivity index (χ0) is 11.1. The average molecular weight is 232 g/mol. The standard InChI is InChI=1S/C11H23NO2P/c1-14-9-11-5-4-6-12(11)8-10(7-11)15(2,3)13/h10,13H,4-9H2,1-3H3/q+1. The number of nitrogens with zero attached hydrogens (tertiary/aromatic N) is 1. The monoisotopic (exact) mass is 232 g/mol. The molecule has 0 spiro atoms. The second-order valence-electron chi connectivity index (χ2n) is 5.54. The molecule has 2 rings (SSSR count). The van der Waals surface area contributed by atoms with Crippen LogP contribution in [0, 0.1) is 0 Å². The molecule has 0 amide bonds. The zero-order valence-corrected chi connectivity index (χ0v) is 11.0. The molecule has 2 aliphatic heterocycles. The van der Waals surface area contributed by atoms with Crippen LogP contribution < -0.4 is 0 Å². The normalized spacial score (nSPS) is 37.2. The lowest BCUT2D eigenvalue weighted by molar-refractivity contribution is 0.0655. The van der Waals surface area contributed by atoms with Crippen molar-refractivity contribution in [2.24, 2.45) is 0 Å². The van der Waals surface area contributed by atoms with Crippen molar-refractivity contribution in [3.63, 3.8) is 0 Å². The third-order valence-corrected chi connectivity index (χ3v) is 6.23. The Morgan fingerprint density at radius 1 is 1.53 bits per heavy atom. The van der Waals surface area contributed by atoms with Gasteiger partial charge in [-0.2, -0.15) is 0 Å². The van der Waals surface area contributed by atoms with Crippen LogP contribution in [0.4, 0.5) is 0 Å². The first kappa shape index (κ1) is 11.8. The first-order valence-electron chi connectivity index (χ1n) is 5.78. The predicted octanol–water partition coefficient (Wildman–Crippen LogP) is 1.42. The highest BCUT2D eigenvalue weighted by Crippen LogP contribution is 2.59. The molecular weight excluding hydrogens is 209 g/mol. The molecule has 0 aromatic rings. The summed E-state index contributed by atoms with van der Waals surface area (Å²) in [5, 5.41) is 0. The number of hydrogen-bond acceptors (Lipinski definition) is 3. The van der Waals surface area contributed by atoms with Gasteiger partial charge in [0.25, 0.3) is 0 Å². The lowest BCUT2D eigenvalue weighted by Gasteiger charge is -2.30. The summed E-state index contributed by atoms with van der Waals surface area (Å²) in [7, 11) is 0.109. The van der Waals surface area contributed by atoms with Gasteiger partial charge in [0, 0.05) is 25.6 Å². The van der Waals surface area contributed by atoms with E-state index in [1.165, 1.54) is 19.4 Å². The number of hydrogen-bond donors (Lipinski definition) is 1. The summed E-state index contributed by atoms with van der Waals surface area (Å²) in [4.78, 5) is 12.8. The molecule has 0 aromatic heterocycles. The van der Waals surface area contributed by atoms with Gasteiger partial charge >= 0.3 is 0 Å². The number of fused-ring (bicyclic) bond motifs is 1. The van der Waals surface area contributed by atoms with Crippen molar-refractivity contribution in [1.29, 1.82) is 0 Å². The van der Waals surface area contributed by atoms with Crippen molar-refractivity contribution < 1.29 is 9.63 Å². The molecule has 88 valence electrons. The van der Waals surface area contributed by atoms with E-state index in [0.29, 0.717) is 5.66 Å². The van der Waals surface area contributed by atoms with Crippen LogP contribution >= 0.6 is 7.49 Å². The van der Waals surface area contributed by atoms with Gasteiger partial charge in [0.2, 0.25) is 0 Å². The Bertz CT molecular complexity index is 241. The van der Waals surface area contributed by atoms with Gasteiger partial charge in [0.1, 0.15) is 13.1 Å². The molecule has 0 bridgehead atoms. The molecule has 0 saturated carbocycles. The third kappa shape index (κ3) is 2.08. The maximum Gasteiger partial charge on any atom is 0.140 e. The minimum absolute atomic E-state index is 0.263. The third-order valence-electron chi connectivity index (χ3n) is 4.09. The molecule has 2 saturated heterocycles. The summed E-state index contributed by atoms with van der Waals surface area (Å²) < 4.78 is 5.38. The summed E-state index contributed by atoms with van der Waals surface area (Å²) in [6, 6.07) is 0. The SMILES string of the molecule is COCC12CCCN1CC([P+](C)(C)O)C2. The molecular formula is C11H23NO2P+. The van der Waals surface area contributed by atoms with E-state index in [0.717, 1.165) is 19.6 Å². The van der Waals surface area contributed by atoms with Crippen LogP contribution in [0.5, 0.6) is 0 Å². The van der Waals surface area contributed by atoms with Crippen molar-refractivity contribution in [1.82, 2.24) is 4.90 Å². The van der Waals surface area contributed by atoms with Crippen molar-refractivity contribution in [3.8, 4) is 0 Å². The van der Waals surface area contributed by atoms with Crippen LogP contribution in [0.25, 0.3) is 0 Å². The zero-order valence-electron chi connectivity index (χ0n) is 10.1. The fourth-order valence-corrected chi connectivity index (χ4v) is 4.57. The highest BCUT2D eigenvalue weighted by Gasteiger charge is 2.54. The molecule has 2 fully saturated rings. The van der Waals surface area contributed by atoms with Crippen LogP contribution in [0.2, 0.25) is 0 Å². The summed E-state index contributed by atoms with van der Waals surface area (Å²) in [6.45, 7) is 7.20. The molecule has 2 heterocycles. The first-order valence-corrected chi connectivity index (χ1v) is 8.49. The van der Waals surface area contributed by atoms with Crippen molar-refractivity contribution in [2.75, 3.05) is 40.1 Å². The molecule has 0 aliphatic carbocycles. The fraction of sp³-hybridized carbons (Fsp3) is 1.00. The van der Waals surface area contributed by atoms with E-state index < -0.39 is 7.49 Å². The van der Waals surface area contributed by atoms with E-state index in [2.05, 4.69) is 4.90 Å². The Labute approximate surface area is 93.2 Å². The van der Waals surface area contributed by atoms with Crippen LogP contribution in [0.3, 0.4) is 0 Å². The van der Waals surface area contributed by atoms with Gasteiger partial charge in [-0.15, -0.1) is 0 Å². The number of rotatable bonds is 3. The minimum Gasteiger partial charge on any atom is -0.383 e. The summed E-state index contributed by atoms with van der Waals surface area (Å²) >= 11 is 0. The van der Waals surface area contributed by atoms with E-state index in [4.69, 9.17) is 4.74 Å². The van der Waals surface area contributed by atoms with Crippen LogP contribution in [-0.4, -0.2) is 61.1 Å². The van der Waals surface area contributed by atoms with Crippen LogP contribution in [0.1, 0.15) is 19.3 Å². The summed E-state index contributed by atoms with van der Waals surface area (Å²) in [5.41, 5.74) is 0.771. The lowest BCUT2D eigenvalue weighted by Crippen LogP contribution is -2.42. The maximum absolute atomic E-state index is 10.2. The fourth-order valence-electron chi connectivity index (χ4n) is 3.18. The molecule has 2 atom stereocenters. The van der Waals surface area contributed by atoms with Gasteiger partial charge in [0.15, 0.2) is 0 Å². The van der Waals surface area contributed by atoms with E-state index in [1.807, 2.05) is 13.3 Å². The lowest BCUT2D eigenvalue weighted by atomic mass is 9.95. The Kier molecular flexibility index (Phi) is 3.11. The Hall–Kier alpha value is 0.310. The van der Waals surface area contributed by atoms with Gasteiger partial charge in [-0.05, 0) is 19.4 Å². The quantitative estimate of drug-likeness (QED) is 0.747. The Morgan fingerprint density at radius 3 is 2.87 bits per heavy atom. The second-order valence-corrected chi connectivity index (χ2v) is 9.23. The highest BCUT2D eigenvalue weighted by atomic mass is 31.2. The van der Waals surface area contributed by atoms with Gasteiger partial charge in [-0.3, -0.25) is 9.79 Å². The first-order chi connectivity index (χ1) is 6.98. The molecule has 3 nitrogen and oxygen atoms in total. The number of ether oxygens (including phenoxy) is 1. The second kappa shape index (κ2) is 3.96. The molecule has 2 unspecified atom stereocenters. The van der Waals surface area contributed by atoms with Crippen molar-refractivity contribution in [3.05, 3.63) is 0 Å². The Morgan fingerprint density at radius 2 is 2.27 bits per heavy atom. The highest BCUT2D eigenvalue weighted by molar-refractivity contribution is 7.69. The van der Waals surface area contributed by atoms with Crippen LogP contribution in [0.15, 0.2) is 0 Å². The Balaban J connectivity index is 2.10. The topological polar surface area (TPSA) is 32.7 Å². The van der Waals surface area contributed by atoms with Gasteiger partial charge < -0.3 is 4.74 Å². The summed E-state index contributed by atoms with van der Waals surface area (Å²) in [5.74, 6) is 0. The van der Waals surface area contributed by atoms with E-state index in [1.54, 1.807) is 7.11 Å². The maximum atomic E-state index is 10.2. The van der Waals surface area contributed by atoms with E-state index >= 15 is 0 Å². The van der Waals surface area contributed by atoms with Gasteiger partial charge in [-0.25, -0.2) is 0 Å². The largest absolute Gasteiger partial charge is 0.383 e. The molecule has 0 aromatic carbocycles. The smallest absolute Gasteiger partial charge is 0.140 e. The van der Waals surface area contributed by atoms with Crippen LogP contribution in [-0.2, 0) is 4.74 Å². The average Bonchev–Trinajstić information content (AvgIpc) is 2.58. The van der Waals surface area contributed by atoms with Crippen molar-refractivity contribution in [2.45, 2.75) is 30.5 Å². The van der Waals surface area contributed by atoms with Gasteiger partial charge in [0.05, 0.1) is 19.9 Å². The molecule has 0 radical (unpaired) electrons. The van der Waals surface area contributed by atoms with E-state index in [-0.39, 0.29) is 5.54 Å². The predicted molar refractivity (Wildman–Crippen MR) is 64.8 cm³/mol. The van der Waals surface area contributed by atoms with Crippen molar-refractivity contribution >= 4 is 7.49 Å². The molecule has 2 aliphatic rings. The minimum atomic E-state index is -1.68. The molecule has 1 N–H and O–H groups in total. The molecule has 15 heavy (non-hydrogen) atoms.